The third-order valence-electron chi connectivity index (χ3n) is 11.4. The van der Waals surface area contributed by atoms with E-state index in [9.17, 15) is 0 Å². The van der Waals surface area contributed by atoms with Gasteiger partial charge in [0.1, 0.15) is 0 Å². The largest absolute Gasteiger partial charge is 0.313 e. The van der Waals surface area contributed by atoms with Gasteiger partial charge < -0.3 is 4.57 Å². The van der Waals surface area contributed by atoms with Crippen LogP contribution in [-0.4, -0.2) is 4.57 Å². The van der Waals surface area contributed by atoms with E-state index in [1.807, 2.05) is 0 Å². The van der Waals surface area contributed by atoms with Gasteiger partial charge in [-0.3, -0.25) is 0 Å². The fourth-order valence-electron chi connectivity index (χ4n) is 8.73. The predicted molar refractivity (Wildman–Crippen MR) is 230 cm³/mol. The molecule has 0 spiro atoms. The molecule has 7 aromatic rings. The molecule has 0 saturated carbocycles. The minimum atomic E-state index is 0.853. The minimum Gasteiger partial charge on any atom is -0.313 e. The summed E-state index contributed by atoms with van der Waals surface area (Å²) >= 11 is 0. The molecule has 3 aliphatic carbocycles. The molecule has 0 N–H and O–H groups in total. The van der Waals surface area contributed by atoms with E-state index in [0.717, 1.165) is 32.1 Å². The summed E-state index contributed by atoms with van der Waals surface area (Å²) in [5.41, 5.74) is 21.7. The van der Waals surface area contributed by atoms with Crippen LogP contribution in [0, 0.1) is 0 Å². The first-order chi connectivity index (χ1) is 26.7. The van der Waals surface area contributed by atoms with Gasteiger partial charge in [0, 0.05) is 28.8 Å². The Morgan fingerprint density at radius 2 is 1.33 bits per heavy atom. The highest BCUT2D eigenvalue weighted by Crippen LogP contribution is 2.46. The summed E-state index contributed by atoms with van der Waals surface area (Å²) in [5, 5.41) is 1.28. The molecule has 1 heterocycles. The first-order valence-electron chi connectivity index (χ1n) is 19.2. The number of benzene rings is 6. The fraction of sp³-hybridized carbons (Fsp3) is 0.0943. The summed E-state index contributed by atoms with van der Waals surface area (Å²) in [5.74, 6) is 0. The number of rotatable bonds is 6. The summed E-state index contributed by atoms with van der Waals surface area (Å²) in [6, 6.07) is 51.7. The Kier molecular flexibility index (Phi) is 8.07. The predicted octanol–water partition coefficient (Wildman–Crippen LogP) is 13.9. The summed E-state index contributed by atoms with van der Waals surface area (Å²) in [6.45, 7) is 4.45. The molecule has 6 aromatic carbocycles. The number of allylic oxidation sites excluding steroid dienone is 7. The molecule has 10 rings (SSSR count). The van der Waals surface area contributed by atoms with Crippen LogP contribution < -0.4 is 0 Å². The Hall–Kier alpha value is -6.44. The molecule has 3 aliphatic rings. The summed E-state index contributed by atoms with van der Waals surface area (Å²) < 4.78 is 2.49. The highest BCUT2D eigenvalue weighted by Gasteiger charge is 2.24. The third-order valence-corrected chi connectivity index (χ3v) is 11.4. The quantitative estimate of drug-likeness (QED) is 0.153. The molecule has 1 heteroatoms. The maximum Gasteiger partial charge on any atom is 0.0544 e. The molecular weight excluding hydrogens is 651 g/mol. The van der Waals surface area contributed by atoms with Crippen molar-refractivity contribution in [2.24, 2.45) is 0 Å². The second-order valence-corrected chi connectivity index (χ2v) is 14.8. The zero-order valence-corrected chi connectivity index (χ0v) is 30.4. The SMILES string of the molecule is C=C1CC=Cc2c(n(-c3cccc(-c4ccccc4)c3)c3cc(-c4ccc5c(c4)-c4ccccc4/C5=C\Cc4cccc(C5=CCCC=C5)c4)ccc23)C1. The van der Waals surface area contributed by atoms with Crippen molar-refractivity contribution < 1.29 is 0 Å². The Bertz CT molecular complexity index is 2740. The highest BCUT2D eigenvalue weighted by atomic mass is 15.0. The summed E-state index contributed by atoms with van der Waals surface area (Å²) in [7, 11) is 0. The molecule has 0 aliphatic heterocycles. The lowest BCUT2D eigenvalue weighted by Gasteiger charge is -2.14. The van der Waals surface area contributed by atoms with E-state index in [0.29, 0.717) is 0 Å². The van der Waals surface area contributed by atoms with Gasteiger partial charge in [-0.2, -0.15) is 0 Å². The lowest BCUT2D eigenvalue weighted by molar-refractivity contribution is 0.958. The van der Waals surface area contributed by atoms with Gasteiger partial charge in [-0.25, -0.2) is 0 Å². The molecule has 0 atom stereocenters. The standard InChI is InChI=1S/C53H41N/c1-36-13-10-24-49-50-30-27-43(35-53(50)54(52(49)31-36)44-21-12-20-41(33-44)39-17-6-3-7-18-39)42-26-29-48-47(45-22-8-9-23-46(45)51(48)34-42)28-25-37-14-11-19-40(32-37)38-15-4-2-5-16-38/h3-4,6-12,14-24,26-30,32-35H,1-2,5,13,25,31H2/b47-28+. The van der Waals surface area contributed by atoms with E-state index < -0.39 is 0 Å². The molecule has 0 bridgehead atoms. The van der Waals surface area contributed by atoms with Crippen LogP contribution in [0.5, 0.6) is 0 Å². The molecule has 258 valence electrons. The monoisotopic (exact) mass is 691 g/mol. The van der Waals surface area contributed by atoms with E-state index in [-0.39, 0.29) is 0 Å². The van der Waals surface area contributed by atoms with Crippen molar-refractivity contribution in [3.8, 4) is 39.1 Å². The van der Waals surface area contributed by atoms with Crippen LogP contribution in [0.4, 0.5) is 0 Å². The number of hydrogen-bond donors (Lipinski definition) is 0. The Morgan fingerprint density at radius 1 is 0.574 bits per heavy atom. The van der Waals surface area contributed by atoms with Crippen LogP contribution >= 0.6 is 0 Å². The Morgan fingerprint density at radius 3 is 2.22 bits per heavy atom. The first-order valence-corrected chi connectivity index (χ1v) is 19.2. The van der Waals surface area contributed by atoms with Crippen molar-refractivity contribution in [1.82, 2.24) is 4.57 Å². The zero-order valence-electron chi connectivity index (χ0n) is 30.4. The van der Waals surface area contributed by atoms with Crippen LogP contribution in [0.1, 0.15) is 52.8 Å². The molecule has 0 radical (unpaired) electrons. The van der Waals surface area contributed by atoms with Gasteiger partial charge in [-0.1, -0.05) is 164 Å². The fourth-order valence-corrected chi connectivity index (χ4v) is 8.73. The van der Waals surface area contributed by atoms with Crippen molar-refractivity contribution in [2.45, 2.75) is 32.1 Å². The maximum atomic E-state index is 4.45. The zero-order chi connectivity index (χ0) is 36.0. The normalized spacial score (nSPS) is 15.2. The van der Waals surface area contributed by atoms with Gasteiger partial charge in [-0.15, -0.1) is 0 Å². The number of fused-ring (bicyclic) bond motifs is 6. The molecule has 1 aromatic heterocycles. The molecule has 0 unspecified atom stereocenters. The third kappa shape index (κ3) is 5.74. The molecule has 1 nitrogen and oxygen atoms in total. The topological polar surface area (TPSA) is 4.93 Å². The first kappa shape index (κ1) is 32.2. The summed E-state index contributed by atoms with van der Waals surface area (Å²) in [4.78, 5) is 0. The molecule has 0 amide bonds. The lowest BCUT2D eigenvalue weighted by Crippen LogP contribution is -2.02. The molecule has 0 saturated heterocycles. The van der Waals surface area contributed by atoms with Gasteiger partial charge in [0.15, 0.2) is 0 Å². The van der Waals surface area contributed by atoms with Crippen LogP contribution in [0.25, 0.3) is 67.2 Å². The molecular formula is C53H41N. The van der Waals surface area contributed by atoms with Crippen LogP contribution in [0.15, 0.2) is 182 Å². The van der Waals surface area contributed by atoms with E-state index in [1.165, 1.54) is 100 Å². The van der Waals surface area contributed by atoms with E-state index in [2.05, 4.69) is 187 Å². The van der Waals surface area contributed by atoms with Gasteiger partial charge in [0.25, 0.3) is 0 Å². The number of nitrogens with zero attached hydrogens (tertiary/aromatic N) is 1. The van der Waals surface area contributed by atoms with Gasteiger partial charge in [-0.05, 0) is 117 Å². The van der Waals surface area contributed by atoms with Crippen molar-refractivity contribution in [2.75, 3.05) is 0 Å². The lowest BCUT2D eigenvalue weighted by atomic mass is 9.95. The average Bonchev–Trinajstić information content (AvgIpc) is 3.63. The number of aromatic nitrogens is 1. The van der Waals surface area contributed by atoms with Crippen molar-refractivity contribution in [3.05, 3.63) is 216 Å². The van der Waals surface area contributed by atoms with Gasteiger partial charge in [0.05, 0.1) is 5.52 Å². The van der Waals surface area contributed by atoms with E-state index in [4.69, 9.17) is 0 Å². The van der Waals surface area contributed by atoms with Crippen molar-refractivity contribution >= 4 is 28.1 Å². The molecule has 0 fully saturated rings. The van der Waals surface area contributed by atoms with Gasteiger partial charge in [0.2, 0.25) is 0 Å². The van der Waals surface area contributed by atoms with Crippen LogP contribution in [0.3, 0.4) is 0 Å². The highest BCUT2D eigenvalue weighted by molar-refractivity contribution is 6.03. The van der Waals surface area contributed by atoms with Crippen molar-refractivity contribution in [3.63, 3.8) is 0 Å². The summed E-state index contributed by atoms with van der Waals surface area (Å²) in [6.07, 6.45) is 18.8. The maximum absolute atomic E-state index is 4.45. The Labute approximate surface area is 318 Å². The van der Waals surface area contributed by atoms with E-state index in [1.54, 1.807) is 0 Å². The second-order valence-electron chi connectivity index (χ2n) is 14.8. The van der Waals surface area contributed by atoms with Crippen LogP contribution in [0.2, 0.25) is 0 Å². The molecule has 54 heavy (non-hydrogen) atoms. The van der Waals surface area contributed by atoms with Gasteiger partial charge >= 0.3 is 0 Å². The smallest absolute Gasteiger partial charge is 0.0544 e. The second kappa shape index (κ2) is 13.5. The van der Waals surface area contributed by atoms with Crippen LogP contribution in [-0.2, 0) is 12.8 Å². The Balaban J connectivity index is 1.06. The van der Waals surface area contributed by atoms with E-state index >= 15 is 0 Å². The van der Waals surface area contributed by atoms with Crippen molar-refractivity contribution in [1.29, 1.82) is 0 Å². The number of hydrogen-bond acceptors (Lipinski definition) is 0. The average molecular weight is 692 g/mol. The minimum absolute atomic E-state index is 0.853.